The van der Waals surface area contributed by atoms with E-state index in [2.05, 4.69) is 59.4 Å². The minimum absolute atomic E-state index is 0.00312. The molecule has 368 valence electrons. The van der Waals surface area contributed by atoms with E-state index in [4.69, 9.17) is 26.9 Å². The number of anilines is 5. The summed E-state index contributed by atoms with van der Waals surface area (Å²) in [7, 11) is 1.80. The second kappa shape index (κ2) is 19.1. The first-order valence-corrected chi connectivity index (χ1v) is 25.9. The lowest BCUT2D eigenvalue weighted by Gasteiger charge is -2.40. The molecule has 0 bridgehead atoms. The summed E-state index contributed by atoms with van der Waals surface area (Å²) in [4.78, 5) is 26.6. The van der Waals surface area contributed by atoms with Crippen LogP contribution in [0.4, 0.5) is 37.6 Å². The van der Waals surface area contributed by atoms with E-state index < -0.39 is 6.43 Å². The zero-order chi connectivity index (χ0) is 48.3. The number of benzene rings is 2. The largest absolute Gasteiger partial charge is 0.368 e. The number of halogens is 3. The van der Waals surface area contributed by atoms with Gasteiger partial charge in [-0.25, -0.2) is 8.78 Å². The topological polar surface area (TPSA) is 122 Å². The number of alkyl halides is 2. The summed E-state index contributed by atoms with van der Waals surface area (Å²) >= 11 is 6.42. The Morgan fingerprint density at radius 2 is 1.67 bits per heavy atom. The molecule has 2 aromatic carbocycles. The smallest absolute Gasteiger partial charge is 0.264 e. The second-order valence-corrected chi connectivity index (χ2v) is 21.5. The lowest BCUT2D eigenvalue weighted by molar-refractivity contribution is -0.129. The van der Waals surface area contributed by atoms with E-state index >= 15 is 0 Å². The second-order valence-electron chi connectivity index (χ2n) is 21.1. The molecule has 1 saturated carbocycles. The summed E-state index contributed by atoms with van der Waals surface area (Å²) in [5, 5.41) is 29.0. The fourth-order valence-corrected chi connectivity index (χ4v) is 13.1. The summed E-state index contributed by atoms with van der Waals surface area (Å²) in [6, 6.07) is 16.6. The molecule has 1 amide bonds. The van der Waals surface area contributed by atoms with Crippen LogP contribution >= 0.6 is 11.6 Å². The van der Waals surface area contributed by atoms with Gasteiger partial charge in [0.05, 0.1) is 29.4 Å². The van der Waals surface area contributed by atoms with Gasteiger partial charge in [-0.2, -0.15) is 15.5 Å². The Hall–Kier alpha value is -5.79. The van der Waals surface area contributed by atoms with Crippen molar-refractivity contribution >= 4 is 46.3 Å². The number of carbonyl (C=O) groups is 1. The van der Waals surface area contributed by atoms with Crippen molar-refractivity contribution in [1.29, 1.82) is 5.26 Å². The lowest BCUT2D eigenvalue weighted by atomic mass is 9.77. The molecule has 6 aliphatic rings. The maximum atomic E-state index is 14.8. The first-order chi connectivity index (χ1) is 33.9. The van der Waals surface area contributed by atoms with E-state index in [1.807, 2.05) is 29.2 Å². The van der Waals surface area contributed by atoms with Crippen molar-refractivity contribution < 1.29 is 13.6 Å². The number of piperidine rings is 1. The van der Waals surface area contributed by atoms with Crippen LogP contribution in [0.1, 0.15) is 106 Å². The Balaban J connectivity index is 0.693. The summed E-state index contributed by atoms with van der Waals surface area (Å²) in [5.41, 5.74) is 7.18. The number of nitrogens with zero attached hydrogens (tertiary/aromatic N) is 13. The van der Waals surface area contributed by atoms with E-state index in [9.17, 15) is 18.8 Å². The summed E-state index contributed by atoms with van der Waals surface area (Å²) in [6.45, 7) is 13.6. The average Bonchev–Trinajstić information content (AvgIpc) is 4.08. The molecule has 70 heavy (non-hydrogen) atoms. The Bertz CT molecular complexity index is 2760. The Morgan fingerprint density at radius 1 is 0.929 bits per heavy atom. The van der Waals surface area contributed by atoms with Gasteiger partial charge in [0.2, 0.25) is 5.91 Å². The van der Waals surface area contributed by atoms with E-state index in [1.165, 1.54) is 5.69 Å². The van der Waals surface area contributed by atoms with Crippen LogP contribution in [0.15, 0.2) is 54.9 Å². The molecular formula is C53H64ClF2N13O. The van der Waals surface area contributed by atoms with Crippen molar-refractivity contribution in [3.8, 4) is 17.2 Å². The number of amides is 1. The van der Waals surface area contributed by atoms with Crippen molar-refractivity contribution in [2.45, 2.75) is 103 Å². The van der Waals surface area contributed by atoms with Gasteiger partial charge in [0, 0.05) is 132 Å². The first kappa shape index (κ1) is 46.6. The predicted molar refractivity (Wildman–Crippen MR) is 269 cm³/mol. The van der Waals surface area contributed by atoms with Crippen molar-refractivity contribution in [2.24, 2.45) is 18.4 Å². The Labute approximate surface area is 414 Å². The highest BCUT2D eigenvalue weighted by Crippen LogP contribution is 2.47. The number of hydrogen-bond donors (Lipinski definition) is 0. The number of hydrogen-bond acceptors (Lipinski definition) is 11. The molecule has 3 aromatic heterocycles. The zero-order valence-corrected chi connectivity index (χ0v) is 41.5. The molecule has 0 radical (unpaired) electrons. The molecule has 0 unspecified atom stereocenters. The number of piperazine rings is 1. The summed E-state index contributed by atoms with van der Waals surface area (Å²) < 4.78 is 33.5. The molecule has 5 aromatic rings. The van der Waals surface area contributed by atoms with Gasteiger partial charge in [-0.15, -0.1) is 10.2 Å². The van der Waals surface area contributed by atoms with Crippen LogP contribution in [-0.4, -0.2) is 117 Å². The highest BCUT2D eigenvalue weighted by molar-refractivity contribution is 6.32. The molecule has 4 fully saturated rings. The number of fused-ring (bicyclic) bond motifs is 2. The molecule has 11 rings (SSSR count). The maximum Gasteiger partial charge on any atom is 0.264 e. The van der Waals surface area contributed by atoms with Crippen LogP contribution in [0.3, 0.4) is 0 Å². The maximum absolute atomic E-state index is 14.8. The molecule has 3 saturated heterocycles. The fourth-order valence-electron chi connectivity index (χ4n) is 12.8. The number of rotatable bonds is 9. The summed E-state index contributed by atoms with van der Waals surface area (Å²) in [5.74, 6) is 3.37. The van der Waals surface area contributed by atoms with E-state index in [0.717, 1.165) is 157 Å². The molecule has 14 nitrogen and oxygen atoms in total. The summed E-state index contributed by atoms with van der Waals surface area (Å²) in [6.07, 6.45) is 10.9. The minimum atomic E-state index is -2.64. The molecule has 1 spiro atoms. The SMILES string of the molecule is CC(=O)N1CCc2c(c(N3CCCc4cc(-c5cnn(C)c5)c(C(F)F)cc43)nn2C2CCC(CN3CCN(c4ccc(N5CCC6(CC5)C[C@H](C)N(c5ccc(C#N)c(Cl)c5)C6)nn4)CC3)CC2)C1. The van der Waals surface area contributed by atoms with Crippen molar-refractivity contribution in [3.63, 3.8) is 0 Å². The zero-order valence-electron chi connectivity index (χ0n) is 40.7. The number of aromatic nitrogens is 6. The van der Waals surface area contributed by atoms with Crippen LogP contribution in [-0.2, 0) is 31.2 Å². The minimum Gasteiger partial charge on any atom is -0.368 e. The standard InChI is InChI=1S/C53H64ClF2N13O/c1-35-28-53(34-68(35)42-11-8-39(29-57)46(54)26-42)15-19-64(20-16-53)49-12-13-50(60-59-49)65-23-21-63(22-24-65)31-37-6-9-41(10-7-37)69-47-14-18-66(36(2)70)33-45(47)52(61-69)67-17-4-5-38-25-43(40-30-58-62(3)32-40)44(51(55)56)27-48(38)67/h8,11-13,25-27,30,32,35,37,41,51H,4-7,9-10,14-24,28,31,33-34H2,1-3H3/t35-,37?,41?/m0/s1. The third-order valence-corrected chi connectivity index (χ3v) is 17.0. The third-order valence-electron chi connectivity index (χ3n) is 16.7. The average molecular weight is 973 g/mol. The van der Waals surface area contributed by atoms with E-state index in [0.29, 0.717) is 53.3 Å². The van der Waals surface area contributed by atoms with Gasteiger partial charge in [-0.3, -0.25) is 19.1 Å². The van der Waals surface area contributed by atoms with E-state index in [1.54, 1.807) is 37.1 Å². The monoisotopic (exact) mass is 972 g/mol. The molecule has 5 aliphatic heterocycles. The van der Waals surface area contributed by atoms with Gasteiger partial charge in [0.1, 0.15) is 6.07 Å². The van der Waals surface area contributed by atoms with Gasteiger partial charge < -0.3 is 24.5 Å². The molecule has 1 aliphatic carbocycles. The van der Waals surface area contributed by atoms with Crippen molar-refractivity contribution in [1.82, 2.24) is 39.6 Å². The number of carbonyl (C=O) groups excluding carboxylic acids is 1. The predicted octanol–water partition coefficient (Wildman–Crippen LogP) is 8.96. The van der Waals surface area contributed by atoms with Crippen molar-refractivity contribution in [2.75, 3.05) is 85.0 Å². The first-order valence-electron chi connectivity index (χ1n) is 25.5. The highest BCUT2D eigenvalue weighted by Gasteiger charge is 2.44. The van der Waals surface area contributed by atoms with Crippen LogP contribution in [0, 0.1) is 22.7 Å². The molecule has 1 atom stereocenters. The van der Waals surface area contributed by atoms with E-state index in [-0.39, 0.29) is 22.9 Å². The molecule has 0 N–H and O–H groups in total. The van der Waals surface area contributed by atoms with Crippen LogP contribution in [0.2, 0.25) is 5.02 Å². The van der Waals surface area contributed by atoms with Gasteiger partial charge >= 0.3 is 0 Å². The number of aryl methyl sites for hydroxylation is 2. The van der Waals surface area contributed by atoms with Crippen LogP contribution in [0.25, 0.3) is 11.1 Å². The van der Waals surface area contributed by atoms with Gasteiger partial charge in [-0.1, -0.05) is 11.6 Å². The lowest BCUT2D eigenvalue weighted by Crippen LogP contribution is -2.48. The third kappa shape index (κ3) is 8.97. The van der Waals surface area contributed by atoms with Gasteiger partial charge in [0.25, 0.3) is 6.43 Å². The normalized spacial score (nSPS) is 22.7. The number of nitriles is 1. The van der Waals surface area contributed by atoms with Gasteiger partial charge in [-0.05, 0) is 130 Å². The van der Waals surface area contributed by atoms with Gasteiger partial charge in [0.15, 0.2) is 17.5 Å². The molecule has 8 heterocycles. The quantitative estimate of drug-likeness (QED) is 0.141. The molecule has 17 heteroatoms. The molecular weight excluding hydrogens is 908 g/mol. The van der Waals surface area contributed by atoms with Crippen LogP contribution < -0.4 is 19.6 Å². The highest BCUT2D eigenvalue weighted by atomic mass is 35.5. The Morgan fingerprint density at radius 3 is 2.33 bits per heavy atom. The van der Waals surface area contributed by atoms with Crippen molar-refractivity contribution in [3.05, 3.63) is 87.8 Å². The Kier molecular flexibility index (Phi) is 12.7. The fraction of sp³-hybridized carbons (Fsp3) is 0.547. The van der Waals surface area contributed by atoms with Crippen LogP contribution in [0.5, 0.6) is 0 Å².